The highest BCUT2D eigenvalue weighted by atomic mass is 35.5. The maximum absolute atomic E-state index is 11.3. The Kier molecular flexibility index (Phi) is 5.57. The second kappa shape index (κ2) is 7.68. The molecule has 0 saturated carbocycles. The van der Waals surface area contributed by atoms with E-state index in [0.29, 0.717) is 5.75 Å². The van der Waals surface area contributed by atoms with Crippen LogP contribution in [0.1, 0.15) is 13.3 Å². The summed E-state index contributed by atoms with van der Waals surface area (Å²) in [5.41, 5.74) is 2.15. The number of hydrogen-bond acceptors (Lipinski definition) is 5. The number of rotatable bonds is 5. The Bertz CT molecular complexity index is 795. The Morgan fingerprint density at radius 2 is 1.84 bits per heavy atom. The Morgan fingerprint density at radius 3 is 2.52 bits per heavy atom. The summed E-state index contributed by atoms with van der Waals surface area (Å²) >= 11 is 7.95. The van der Waals surface area contributed by atoms with Gasteiger partial charge in [-0.25, -0.2) is 0 Å². The largest absolute Gasteiger partial charge is 0.427 e. The molecule has 4 nitrogen and oxygen atoms in total. The van der Waals surface area contributed by atoms with E-state index >= 15 is 0 Å². The summed E-state index contributed by atoms with van der Waals surface area (Å²) in [6.45, 7) is 3.28. The van der Waals surface area contributed by atoms with Gasteiger partial charge in [0, 0.05) is 34.3 Å². The summed E-state index contributed by atoms with van der Waals surface area (Å²) in [7, 11) is 4.15. The lowest BCUT2D eigenvalue weighted by Gasteiger charge is -2.33. The first-order valence-electron chi connectivity index (χ1n) is 8.16. The topological polar surface area (TPSA) is 32.8 Å². The number of benzene rings is 2. The van der Waals surface area contributed by atoms with Crippen LogP contribution in [0.3, 0.4) is 0 Å². The molecule has 25 heavy (non-hydrogen) atoms. The number of fused-ring (bicyclic) bond motifs is 2. The lowest BCUT2D eigenvalue weighted by molar-refractivity contribution is -0.131. The molecule has 2 aromatic rings. The fourth-order valence-electron chi connectivity index (χ4n) is 2.85. The SMILES string of the molecule is CC(=O)Oc1ccc2c(c1)N(CCCN(C)C)c1cc(Cl)ccc1S2. The Balaban J connectivity index is 1.98. The van der Waals surface area contributed by atoms with Crippen molar-refractivity contribution in [2.24, 2.45) is 0 Å². The van der Waals surface area contributed by atoms with Crippen molar-refractivity contribution in [3.05, 3.63) is 41.4 Å². The fraction of sp³-hybridized carbons (Fsp3) is 0.316. The van der Waals surface area contributed by atoms with Crippen LogP contribution in [0.4, 0.5) is 11.4 Å². The predicted octanol–water partition coefficient (Wildman–Crippen LogP) is 4.82. The lowest BCUT2D eigenvalue weighted by Crippen LogP contribution is -2.25. The van der Waals surface area contributed by atoms with Gasteiger partial charge in [-0.15, -0.1) is 0 Å². The van der Waals surface area contributed by atoms with Crippen molar-refractivity contribution < 1.29 is 9.53 Å². The molecule has 6 heteroatoms. The quantitative estimate of drug-likeness (QED) is 0.551. The van der Waals surface area contributed by atoms with Crippen molar-refractivity contribution in [1.29, 1.82) is 0 Å². The first-order chi connectivity index (χ1) is 11.9. The maximum Gasteiger partial charge on any atom is 0.308 e. The van der Waals surface area contributed by atoms with Gasteiger partial charge >= 0.3 is 5.97 Å². The number of carbonyl (C=O) groups excluding carboxylic acids is 1. The molecule has 0 fully saturated rings. The number of nitrogens with zero attached hydrogens (tertiary/aromatic N) is 2. The van der Waals surface area contributed by atoms with Crippen molar-refractivity contribution in [3.63, 3.8) is 0 Å². The number of anilines is 2. The minimum atomic E-state index is -0.314. The van der Waals surface area contributed by atoms with Gasteiger partial charge in [-0.05, 0) is 57.4 Å². The fourth-order valence-corrected chi connectivity index (χ4v) is 4.07. The van der Waals surface area contributed by atoms with Gasteiger partial charge in [-0.2, -0.15) is 0 Å². The van der Waals surface area contributed by atoms with Crippen molar-refractivity contribution >= 4 is 40.7 Å². The highest BCUT2D eigenvalue weighted by molar-refractivity contribution is 7.99. The molecule has 0 radical (unpaired) electrons. The lowest BCUT2D eigenvalue weighted by atomic mass is 10.2. The zero-order valence-corrected chi connectivity index (χ0v) is 16.2. The van der Waals surface area contributed by atoms with E-state index in [0.717, 1.165) is 40.8 Å². The van der Waals surface area contributed by atoms with Crippen molar-refractivity contribution in [3.8, 4) is 5.75 Å². The molecule has 3 rings (SSSR count). The molecule has 0 saturated heterocycles. The molecule has 0 bridgehead atoms. The van der Waals surface area contributed by atoms with E-state index in [1.165, 1.54) is 11.8 Å². The van der Waals surface area contributed by atoms with Crippen LogP contribution in [0.25, 0.3) is 0 Å². The number of ether oxygens (including phenoxy) is 1. The van der Waals surface area contributed by atoms with Crippen LogP contribution in [0, 0.1) is 0 Å². The molecule has 0 unspecified atom stereocenters. The van der Waals surface area contributed by atoms with Gasteiger partial charge in [-0.3, -0.25) is 4.79 Å². The van der Waals surface area contributed by atoms with E-state index in [1.807, 2.05) is 30.3 Å². The molecule has 0 atom stereocenters. The summed E-state index contributed by atoms with van der Waals surface area (Å²) in [4.78, 5) is 18.1. The average molecular weight is 377 g/mol. The Morgan fingerprint density at radius 1 is 1.16 bits per heavy atom. The van der Waals surface area contributed by atoms with E-state index in [4.69, 9.17) is 16.3 Å². The molecule has 132 valence electrons. The molecule has 2 aromatic carbocycles. The third kappa shape index (κ3) is 4.29. The van der Waals surface area contributed by atoms with Crippen LogP contribution >= 0.6 is 23.4 Å². The molecule has 0 N–H and O–H groups in total. The van der Waals surface area contributed by atoms with Gasteiger partial charge in [-0.1, -0.05) is 23.4 Å². The molecule has 0 amide bonds. The predicted molar refractivity (Wildman–Crippen MR) is 104 cm³/mol. The van der Waals surface area contributed by atoms with Crippen molar-refractivity contribution in [2.45, 2.75) is 23.1 Å². The molecule has 0 aromatic heterocycles. The van der Waals surface area contributed by atoms with Gasteiger partial charge < -0.3 is 14.5 Å². The highest BCUT2D eigenvalue weighted by Gasteiger charge is 2.24. The van der Waals surface area contributed by atoms with Crippen LogP contribution in [0.2, 0.25) is 5.02 Å². The summed E-state index contributed by atoms with van der Waals surface area (Å²) in [5, 5.41) is 0.719. The van der Waals surface area contributed by atoms with Crippen molar-refractivity contribution in [1.82, 2.24) is 4.90 Å². The van der Waals surface area contributed by atoms with E-state index in [2.05, 4.69) is 30.0 Å². The third-order valence-corrected chi connectivity index (χ3v) is 5.27. The molecule has 1 aliphatic heterocycles. The standard InChI is InChI=1S/C19H21ClN2O2S/c1-13(23)24-15-6-8-19-17(12-15)22(10-4-9-21(2)3)16-11-14(20)5-7-18(16)25-19/h5-8,11-12H,4,9-10H2,1-3H3. The summed E-state index contributed by atoms with van der Waals surface area (Å²) in [5.74, 6) is 0.251. The second-order valence-corrected chi connectivity index (χ2v) is 7.77. The monoisotopic (exact) mass is 376 g/mol. The maximum atomic E-state index is 11.3. The number of hydrogen-bond donors (Lipinski definition) is 0. The summed E-state index contributed by atoms with van der Waals surface area (Å²) < 4.78 is 5.27. The Labute approximate surface area is 157 Å². The average Bonchev–Trinajstić information content (AvgIpc) is 2.54. The molecule has 0 spiro atoms. The first kappa shape index (κ1) is 18.1. The number of esters is 1. The zero-order chi connectivity index (χ0) is 18.0. The van der Waals surface area contributed by atoms with Gasteiger partial charge in [0.2, 0.25) is 0 Å². The van der Waals surface area contributed by atoms with Gasteiger partial charge in [0.25, 0.3) is 0 Å². The Hall–Kier alpha value is -1.69. The highest BCUT2D eigenvalue weighted by Crippen LogP contribution is 2.49. The molecule has 1 heterocycles. The number of halogens is 1. The van der Waals surface area contributed by atoms with Gasteiger partial charge in [0.05, 0.1) is 11.4 Å². The number of carbonyl (C=O) groups is 1. The summed E-state index contributed by atoms with van der Waals surface area (Å²) in [6, 6.07) is 11.8. The van der Waals surface area contributed by atoms with Crippen LogP contribution in [0.5, 0.6) is 5.75 Å². The second-order valence-electron chi connectivity index (χ2n) is 6.25. The third-order valence-electron chi connectivity index (χ3n) is 3.90. The minimum Gasteiger partial charge on any atom is -0.427 e. The van der Waals surface area contributed by atoms with Crippen LogP contribution in [-0.4, -0.2) is 38.1 Å². The van der Waals surface area contributed by atoms with Gasteiger partial charge in [0.1, 0.15) is 5.75 Å². The summed E-state index contributed by atoms with van der Waals surface area (Å²) in [6.07, 6.45) is 1.01. The van der Waals surface area contributed by atoms with Crippen LogP contribution in [-0.2, 0) is 4.79 Å². The molecule has 0 aliphatic carbocycles. The van der Waals surface area contributed by atoms with E-state index in [-0.39, 0.29) is 5.97 Å². The normalized spacial score (nSPS) is 12.8. The first-order valence-corrected chi connectivity index (χ1v) is 9.35. The zero-order valence-electron chi connectivity index (χ0n) is 14.6. The van der Waals surface area contributed by atoms with Crippen LogP contribution < -0.4 is 9.64 Å². The smallest absolute Gasteiger partial charge is 0.308 e. The van der Waals surface area contributed by atoms with Crippen molar-refractivity contribution in [2.75, 3.05) is 32.1 Å². The van der Waals surface area contributed by atoms with E-state index in [1.54, 1.807) is 11.8 Å². The minimum absolute atomic E-state index is 0.314. The molecular weight excluding hydrogens is 356 g/mol. The van der Waals surface area contributed by atoms with E-state index < -0.39 is 0 Å². The van der Waals surface area contributed by atoms with Crippen LogP contribution in [0.15, 0.2) is 46.2 Å². The molecule has 1 aliphatic rings. The molecular formula is C19H21ClN2O2S. The van der Waals surface area contributed by atoms with Gasteiger partial charge in [0.15, 0.2) is 0 Å². The van der Waals surface area contributed by atoms with E-state index in [9.17, 15) is 4.79 Å².